The Bertz CT molecular complexity index is 221. The lowest BCUT2D eigenvalue weighted by molar-refractivity contribution is 0.00886. The minimum Gasteiger partial charge on any atom is -0.377 e. The zero-order valence-corrected chi connectivity index (χ0v) is 10.4. The van der Waals surface area contributed by atoms with Crippen LogP contribution in [0.15, 0.2) is 11.6 Å². The zero-order chi connectivity index (χ0) is 11.3. The Morgan fingerprint density at radius 3 is 2.60 bits per heavy atom. The minimum absolute atomic E-state index is 0.0422. The van der Waals surface area contributed by atoms with Crippen molar-refractivity contribution < 1.29 is 4.74 Å². The lowest BCUT2D eigenvalue weighted by Crippen LogP contribution is -2.46. The highest BCUT2D eigenvalue weighted by molar-refractivity contribution is 5.15. The average molecular weight is 211 g/mol. The molecule has 0 bridgehead atoms. The Hall–Kier alpha value is -0.340. The van der Waals surface area contributed by atoms with E-state index in [1.54, 1.807) is 7.11 Å². The molecular formula is C13H25NO. The standard InChI is InChI=1S/C13H25NO/c1-13(2,15-3)12(14)11-9-7-5-4-6-8-10-11/h9,12H,4-8,10,14H2,1-3H3. The van der Waals surface area contributed by atoms with E-state index in [0.29, 0.717) is 0 Å². The summed E-state index contributed by atoms with van der Waals surface area (Å²) in [5.41, 5.74) is 7.41. The average Bonchev–Trinajstić information content (AvgIpc) is 2.16. The molecule has 2 N–H and O–H groups in total. The number of nitrogens with two attached hydrogens (primary N) is 1. The van der Waals surface area contributed by atoms with Crippen molar-refractivity contribution in [3.63, 3.8) is 0 Å². The second-order valence-corrected chi connectivity index (χ2v) is 5.02. The SMILES string of the molecule is COC(C)(C)C(N)C1=CCCCCCC1. The molecule has 0 saturated heterocycles. The first-order chi connectivity index (χ1) is 7.08. The molecule has 1 unspecified atom stereocenters. The maximum atomic E-state index is 6.26. The van der Waals surface area contributed by atoms with Crippen LogP contribution in [0.25, 0.3) is 0 Å². The highest BCUT2D eigenvalue weighted by Gasteiger charge is 2.28. The normalized spacial score (nSPS) is 21.5. The smallest absolute Gasteiger partial charge is 0.0811 e. The molecule has 2 nitrogen and oxygen atoms in total. The van der Waals surface area contributed by atoms with Crippen LogP contribution < -0.4 is 5.73 Å². The van der Waals surface area contributed by atoms with E-state index < -0.39 is 0 Å². The maximum absolute atomic E-state index is 6.26. The Balaban J connectivity index is 2.67. The predicted octanol–water partition coefficient (Wildman–Crippen LogP) is 3.02. The predicted molar refractivity (Wildman–Crippen MR) is 64.8 cm³/mol. The topological polar surface area (TPSA) is 35.2 Å². The summed E-state index contributed by atoms with van der Waals surface area (Å²) in [6, 6.07) is 0.0422. The van der Waals surface area contributed by atoms with Crippen molar-refractivity contribution in [2.45, 2.75) is 64.0 Å². The minimum atomic E-state index is -0.245. The van der Waals surface area contributed by atoms with Gasteiger partial charge in [0.15, 0.2) is 0 Å². The van der Waals surface area contributed by atoms with Crippen LogP contribution in [0, 0.1) is 0 Å². The first kappa shape index (κ1) is 12.7. The van der Waals surface area contributed by atoms with Gasteiger partial charge < -0.3 is 10.5 Å². The maximum Gasteiger partial charge on any atom is 0.0811 e. The molecule has 0 spiro atoms. The van der Waals surface area contributed by atoms with E-state index in [9.17, 15) is 0 Å². The Kier molecular flexibility index (Phi) is 4.81. The van der Waals surface area contributed by atoms with Crippen LogP contribution in [0.2, 0.25) is 0 Å². The first-order valence-electron chi connectivity index (χ1n) is 6.07. The van der Waals surface area contributed by atoms with Crippen LogP contribution >= 0.6 is 0 Å². The van der Waals surface area contributed by atoms with Gasteiger partial charge in [-0.3, -0.25) is 0 Å². The van der Waals surface area contributed by atoms with Gasteiger partial charge in [0, 0.05) is 7.11 Å². The van der Waals surface area contributed by atoms with Crippen molar-refractivity contribution in [3.8, 4) is 0 Å². The number of ether oxygens (including phenoxy) is 1. The first-order valence-corrected chi connectivity index (χ1v) is 6.07. The Labute approximate surface area is 93.9 Å². The molecule has 0 amide bonds. The molecule has 0 saturated carbocycles. The quantitative estimate of drug-likeness (QED) is 0.728. The summed E-state index contributed by atoms with van der Waals surface area (Å²) in [4.78, 5) is 0. The van der Waals surface area contributed by atoms with Crippen LogP contribution in [0.4, 0.5) is 0 Å². The second kappa shape index (κ2) is 5.66. The summed E-state index contributed by atoms with van der Waals surface area (Å²) >= 11 is 0. The van der Waals surface area contributed by atoms with Gasteiger partial charge in [0.05, 0.1) is 11.6 Å². The van der Waals surface area contributed by atoms with E-state index >= 15 is 0 Å². The van der Waals surface area contributed by atoms with E-state index in [0.717, 1.165) is 6.42 Å². The van der Waals surface area contributed by atoms with Gasteiger partial charge in [0.2, 0.25) is 0 Å². The molecule has 0 radical (unpaired) electrons. The van der Waals surface area contributed by atoms with Crippen molar-refractivity contribution in [3.05, 3.63) is 11.6 Å². The highest BCUT2D eigenvalue weighted by Crippen LogP contribution is 2.25. The van der Waals surface area contributed by atoms with Crippen molar-refractivity contribution in [2.75, 3.05) is 7.11 Å². The van der Waals surface area contributed by atoms with Crippen molar-refractivity contribution >= 4 is 0 Å². The van der Waals surface area contributed by atoms with E-state index in [-0.39, 0.29) is 11.6 Å². The van der Waals surface area contributed by atoms with E-state index in [1.165, 1.54) is 37.7 Å². The molecule has 0 aromatic rings. The Morgan fingerprint density at radius 2 is 1.93 bits per heavy atom. The fraction of sp³-hybridized carbons (Fsp3) is 0.846. The molecule has 0 aromatic carbocycles. The highest BCUT2D eigenvalue weighted by atomic mass is 16.5. The molecule has 0 heterocycles. The third kappa shape index (κ3) is 3.62. The van der Waals surface area contributed by atoms with Crippen LogP contribution in [0.5, 0.6) is 0 Å². The zero-order valence-electron chi connectivity index (χ0n) is 10.4. The summed E-state index contributed by atoms with van der Waals surface area (Å²) in [6.07, 6.45) is 9.97. The molecule has 88 valence electrons. The molecular weight excluding hydrogens is 186 g/mol. The van der Waals surface area contributed by atoms with E-state index in [4.69, 9.17) is 10.5 Å². The third-order valence-electron chi connectivity index (χ3n) is 3.50. The number of hydrogen-bond donors (Lipinski definition) is 1. The molecule has 0 aromatic heterocycles. The summed E-state index contributed by atoms with van der Waals surface area (Å²) in [6.45, 7) is 4.13. The summed E-state index contributed by atoms with van der Waals surface area (Å²) < 4.78 is 5.46. The number of methoxy groups -OCH3 is 1. The van der Waals surface area contributed by atoms with Gasteiger partial charge in [-0.1, -0.05) is 24.5 Å². The monoisotopic (exact) mass is 211 g/mol. The van der Waals surface area contributed by atoms with Crippen LogP contribution in [0.3, 0.4) is 0 Å². The van der Waals surface area contributed by atoms with Crippen molar-refractivity contribution in [2.24, 2.45) is 5.73 Å². The van der Waals surface area contributed by atoms with Crippen LogP contribution in [0.1, 0.15) is 52.4 Å². The second-order valence-electron chi connectivity index (χ2n) is 5.02. The molecule has 15 heavy (non-hydrogen) atoms. The van der Waals surface area contributed by atoms with Crippen molar-refractivity contribution in [1.82, 2.24) is 0 Å². The summed E-state index contributed by atoms with van der Waals surface area (Å²) in [5, 5.41) is 0. The Morgan fingerprint density at radius 1 is 1.27 bits per heavy atom. The number of allylic oxidation sites excluding steroid dienone is 1. The van der Waals surface area contributed by atoms with Gasteiger partial charge in [0.25, 0.3) is 0 Å². The molecule has 0 aliphatic heterocycles. The van der Waals surface area contributed by atoms with E-state index in [1.807, 2.05) is 0 Å². The molecule has 0 fully saturated rings. The molecule has 2 heteroatoms. The number of hydrogen-bond acceptors (Lipinski definition) is 2. The summed E-state index contributed by atoms with van der Waals surface area (Å²) in [7, 11) is 1.74. The molecule has 1 atom stereocenters. The van der Waals surface area contributed by atoms with Crippen LogP contribution in [-0.4, -0.2) is 18.8 Å². The molecule has 1 aliphatic carbocycles. The van der Waals surface area contributed by atoms with Gasteiger partial charge in [-0.25, -0.2) is 0 Å². The number of rotatable bonds is 3. The fourth-order valence-electron chi connectivity index (χ4n) is 2.07. The molecule has 1 aliphatic rings. The van der Waals surface area contributed by atoms with Crippen molar-refractivity contribution in [1.29, 1.82) is 0 Å². The van der Waals surface area contributed by atoms with Gasteiger partial charge in [-0.05, 0) is 39.5 Å². The molecule has 1 rings (SSSR count). The fourth-order valence-corrected chi connectivity index (χ4v) is 2.07. The summed E-state index contributed by atoms with van der Waals surface area (Å²) in [5.74, 6) is 0. The largest absolute Gasteiger partial charge is 0.377 e. The third-order valence-corrected chi connectivity index (χ3v) is 3.50. The lowest BCUT2D eigenvalue weighted by atomic mass is 9.87. The van der Waals surface area contributed by atoms with Gasteiger partial charge in [-0.15, -0.1) is 0 Å². The van der Waals surface area contributed by atoms with E-state index in [2.05, 4.69) is 19.9 Å². The lowest BCUT2D eigenvalue weighted by Gasteiger charge is -2.32. The van der Waals surface area contributed by atoms with Gasteiger partial charge in [-0.2, -0.15) is 0 Å². The van der Waals surface area contributed by atoms with Gasteiger partial charge in [0.1, 0.15) is 0 Å². The van der Waals surface area contributed by atoms with Gasteiger partial charge >= 0.3 is 0 Å². The van der Waals surface area contributed by atoms with Crippen LogP contribution in [-0.2, 0) is 4.74 Å².